The Morgan fingerprint density at radius 2 is 2.00 bits per heavy atom. The van der Waals surface area contributed by atoms with Gasteiger partial charge in [-0.05, 0) is 55.8 Å². The van der Waals surface area contributed by atoms with Crippen LogP contribution in [0.3, 0.4) is 0 Å². The number of carbonyl (C=O) groups is 2. The first-order valence-corrected chi connectivity index (χ1v) is 6.39. The summed E-state index contributed by atoms with van der Waals surface area (Å²) in [5.41, 5.74) is -0.358. The van der Waals surface area contributed by atoms with Crippen LogP contribution in [-0.4, -0.2) is 22.3 Å². The number of nitrogens with zero attached hydrogens (tertiary/aromatic N) is 1. The van der Waals surface area contributed by atoms with E-state index in [9.17, 15) is 9.59 Å². The molecule has 0 amide bonds. The summed E-state index contributed by atoms with van der Waals surface area (Å²) < 4.78 is 5.75. The third-order valence-electron chi connectivity index (χ3n) is 2.15. The van der Waals surface area contributed by atoms with E-state index in [-0.39, 0.29) is 11.5 Å². The lowest BCUT2D eigenvalue weighted by molar-refractivity contribution is -0.157. The summed E-state index contributed by atoms with van der Waals surface area (Å²) in [5, 5.41) is 0. The highest BCUT2D eigenvalue weighted by molar-refractivity contribution is 9.10. The van der Waals surface area contributed by atoms with Crippen molar-refractivity contribution in [2.24, 2.45) is 5.92 Å². The molecule has 0 N–H and O–H groups in total. The number of pyridine rings is 1. The fraction of sp³-hybridized carbons (Fsp3) is 0.462. The molecule has 1 aromatic heterocycles. The Balaban J connectivity index is 2.85. The van der Waals surface area contributed by atoms with Gasteiger partial charge in [0, 0.05) is 10.7 Å². The topological polar surface area (TPSA) is 56.3 Å². The molecule has 1 atom stereocenters. The number of aromatic nitrogens is 1. The van der Waals surface area contributed by atoms with E-state index in [1.165, 1.54) is 13.1 Å². The van der Waals surface area contributed by atoms with Crippen molar-refractivity contribution in [2.75, 3.05) is 0 Å². The van der Waals surface area contributed by atoms with Crippen LogP contribution in [0.25, 0.3) is 0 Å². The van der Waals surface area contributed by atoms with Crippen molar-refractivity contribution in [1.29, 1.82) is 0 Å². The molecule has 0 aromatic carbocycles. The van der Waals surface area contributed by atoms with Gasteiger partial charge in [-0.1, -0.05) is 0 Å². The summed E-state index contributed by atoms with van der Waals surface area (Å²) in [6.45, 7) is 6.81. The Bertz CT molecular complexity index is 466. The molecular formula is C13H16BrNO3. The Hall–Kier alpha value is -1.23. The van der Waals surface area contributed by atoms with Gasteiger partial charge >= 0.3 is 5.97 Å². The van der Waals surface area contributed by atoms with Crippen LogP contribution in [0.5, 0.6) is 0 Å². The number of ketones is 1. The first-order valence-electron chi connectivity index (χ1n) is 5.60. The van der Waals surface area contributed by atoms with Crippen LogP contribution in [0.2, 0.25) is 0 Å². The second-order valence-electron chi connectivity index (χ2n) is 4.95. The molecule has 0 bridgehead atoms. The van der Waals surface area contributed by atoms with Crippen molar-refractivity contribution in [3.05, 3.63) is 28.5 Å². The minimum absolute atomic E-state index is 0.246. The number of ether oxygens (including phenoxy) is 1. The van der Waals surface area contributed by atoms with E-state index in [0.717, 1.165) is 0 Å². The summed E-state index contributed by atoms with van der Waals surface area (Å²) >= 11 is 3.24. The highest BCUT2D eigenvalue weighted by Crippen LogP contribution is 2.19. The Labute approximate surface area is 115 Å². The van der Waals surface area contributed by atoms with Crippen LogP contribution in [0.15, 0.2) is 22.8 Å². The van der Waals surface area contributed by atoms with Crippen molar-refractivity contribution in [2.45, 2.75) is 33.3 Å². The van der Waals surface area contributed by atoms with Crippen LogP contribution in [0, 0.1) is 5.92 Å². The Kier molecular flexibility index (Phi) is 4.62. The average Bonchev–Trinajstić information content (AvgIpc) is 2.25. The van der Waals surface area contributed by atoms with Crippen molar-refractivity contribution in [3.8, 4) is 0 Å². The zero-order valence-corrected chi connectivity index (χ0v) is 12.4. The number of halogens is 1. The highest BCUT2D eigenvalue weighted by Gasteiger charge is 2.29. The minimum Gasteiger partial charge on any atom is -0.459 e. The SMILES string of the molecule is CC(C(=O)OC(C)(C)C)C(=O)c1ncccc1Br. The zero-order chi connectivity index (χ0) is 13.9. The predicted molar refractivity (Wildman–Crippen MR) is 71.3 cm³/mol. The lowest BCUT2D eigenvalue weighted by Gasteiger charge is -2.21. The van der Waals surface area contributed by atoms with Gasteiger partial charge in [0.15, 0.2) is 5.78 Å². The summed E-state index contributed by atoms with van der Waals surface area (Å²) in [5.74, 6) is -1.75. The number of esters is 1. The molecule has 18 heavy (non-hydrogen) atoms. The molecule has 0 spiro atoms. The van der Waals surface area contributed by atoms with Gasteiger partial charge in [0.25, 0.3) is 0 Å². The van der Waals surface area contributed by atoms with Crippen LogP contribution < -0.4 is 0 Å². The lowest BCUT2D eigenvalue weighted by atomic mass is 10.0. The molecule has 0 saturated heterocycles. The van der Waals surface area contributed by atoms with Gasteiger partial charge in [0.05, 0.1) is 0 Å². The molecule has 0 radical (unpaired) electrons. The van der Waals surface area contributed by atoms with Gasteiger partial charge in [-0.3, -0.25) is 14.6 Å². The van der Waals surface area contributed by atoms with Crippen LogP contribution >= 0.6 is 15.9 Å². The lowest BCUT2D eigenvalue weighted by Crippen LogP contribution is -2.31. The molecule has 0 fully saturated rings. The first kappa shape index (κ1) is 14.8. The van der Waals surface area contributed by atoms with Crippen LogP contribution in [-0.2, 0) is 9.53 Å². The molecule has 1 rings (SSSR count). The van der Waals surface area contributed by atoms with E-state index < -0.39 is 17.5 Å². The van der Waals surface area contributed by atoms with Gasteiger partial charge < -0.3 is 4.74 Å². The van der Waals surface area contributed by atoms with E-state index in [0.29, 0.717) is 4.47 Å². The molecule has 1 aromatic rings. The standard InChI is InChI=1S/C13H16BrNO3/c1-8(12(17)18-13(2,3)4)11(16)10-9(14)6-5-7-15-10/h5-8H,1-4H3. The second kappa shape index (κ2) is 5.61. The number of rotatable bonds is 3. The number of hydrogen-bond donors (Lipinski definition) is 0. The smallest absolute Gasteiger partial charge is 0.317 e. The molecular weight excluding hydrogens is 298 g/mol. The maximum atomic E-state index is 12.1. The third kappa shape index (κ3) is 3.91. The quantitative estimate of drug-likeness (QED) is 0.489. The summed E-state index contributed by atoms with van der Waals surface area (Å²) in [4.78, 5) is 27.9. The molecule has 1 unspecified atom stereocenters. The van der Waals surface area contributed by atoms with Gasteiger partial charge in [-0.2, -0.15) is 0 Å². The highest BCUT2D eigenvalue weighted by atomic mass is 79.9. The van der Waals surface area contributed by atoms with Gasteiger partial charge in [-0.15, -0.1) is 0 Å². The van der Waals surface area contributed by atoms with Crippen molar-refractivity contribution in [1.82, 2.24) is 4.98 Å². The largest absolute Gasteiger partial charge is 0.459 e. The number of carbonyl (C=O) groups excluding carboxylic acids is 2. The molecule has 1 heterocycles. The Morgan fingerprint density at radius 1 is 1.39 bits per heavy atom. The molecule has 4 nitrogen and oxygen atoms in total. The average molecular weight is 314 g/mol. The summed E-state index contributed by atoms with van der Waals surface area (Å²) in [6, 6.07) is 3.42. The monoisotopic (exact) mass is 313 g/mol. The zero-order valence-electron chi connectivity index (χ0n) is 10.9. The molecule has 0 saturated carbocycles. The first-order chi connectivity index (χ1) is 8.22. The number of hydrogen-bond acceptors (Lipinski definition) is 4. The van der Waals surface area contributed by atoms with E-state index in [1.807, 2.05) is 0 Å². The van der Waals surface area contributed by atoms with Crippen molar-refractivity contribution >= 4 is 27.7 Å². The molecule has 98 valence electrons. The predicted octanol–water partition coefficient (Wildman–Crippen LogP) is 3.00. The number of Topliss-reactive ketones (excluding diaryl/α,β-unsaturated/α-hetero) is 1. The molecule has 5 heteroatoms. The third-order valence-corrected chi connectivity index (χ3v) is 2.79. The molecule has 0 aliphatic rings. The maximum absolute atomic E-state index is 12.1. The summed E-state index contributed by atoms with van der Waals surface area (Å²) in [6.07, 6.45) is 1.51. The van der Waals surface area contributed by atoms with Gasteiger partial charge in [0.1, 0.15) is 17.2 Å². The Morgan fingerprint density at radius 3 is 2.50 bits per heavy atom. The van der Waals surface area contributed by atoms with E-state index >= 15 is 0 Å². The fourth-order valence-corrected chi connectivity index (χ4v) is 1.72. The molecule has 0 aliphatic heterocycles. The minimum atomic E-state index is -0.865. The van der Waals surface area contributed by atoms with Gasteiger partial charge in [-0.25, -0.2) is 0 Å². The van der Waals surface area contributed by atoms with E-state index in [1.54, 1.807) is 32.9 Å². The summed E-state index contributed by atoms with van der Waals surface area (Å²) in [7, 11) is 0. The van der Waals surface area contributed by atoms with Gasteiger partial charge in [0.2, 0.25) is 0 Å². The van der Waals surface area contributed by atoms with E-state index in [2.05, 4.69) is 20.9 Å². The van der Waals surface area contributed by atoms with Crippen LogP contribution in [0.1, 0.15) is 38.2 Å². The molecule has 0 aliphatic carbocycles. The second-order valence-corrected chi connectivity index (χ2v) is 5.81. The van der Waals surface area contributed by atoms with Crippen LogP contribution in [0.4, 0.5) is 0 Å². The normalized spacial score (nSPS) is 12.9. The van der Waals surface area contributed by atoms with Crippen molar-refractivity contribution in [3.63, 3.8) is 0 Å². The fourth-order valence-electron chi connectivity index (χ4n) is 1.27. The maximum Gasteiger partial charge on any atom is 0.317 e. The van der Waals surface area contributed by atoms with Crippen molar-refractivity contribution < 1.29 is 14.3 Å². The van der Waals surface area contributed by atoms with E-state index in [4.69, 9.17) is 4.74 Å².